The molecule has 0 bridgehead atoms. The predicted molar refractivity (Wildman–Crippen MR) is 72.7 cm³/mol. The number of carbonyl (C=O) groups is 2. The first kappa shape index (κ1) is 15.1. The number of nitrogens with one attached hydrogen (secondary N) is 1. The van der Waals surface area contributed by atoms with Crippen LogP contribution in [0.1, 0.15) is 44.2 Å². The topological polar surface area (TPSA) is 59.1 Å². The molecule has 1 aromatic heterocycles. The second kappa shape index (κ2) is 9.05. The van der Waals surface area contributed by atoms with Gasteiger partial charge in [0.15, 0.2) is 4.47 Å². The smallest absolute Gasteiger partial charge is 0.226 e. The molecule has 0 radical (unpaired) electrons. The van der Waals surface area contributed by atoms with Crippen LogP contribution in [-0.2, 0) is 16.0 Å². The highest BCUT2D eigenvalue weighted by Crippen LogP contribution is 2.17. The summed E-state index contributed by atoms with van der Waals surface area (Å²) in [4.78, 5) is 25.1. The van der Waals surface area contributed by atoms with Crippen molar-refractivity contribution in [3.8, 4) is 0 Å². The Bertz CT molecular complexity index is 382. The average molecular weight is 289 g/mol. The minimum absolute atomic E-state index is 0.192. The van der Waals surface area contributed by atoms with Crippen LogP contribution in [0.5, 0.6) is 0 Å². The Morgan fingerprint density at radius 1 is 1.33 bits per heavy atom. The molecule has 18 heavy (non-hydrogen) atoms. The van der Waals surface area contributed by atoms with E-state index in [1.807, 2.05) is 5.38 Å². The number of aromatic nitrogens is 1. The van der Waals surface area contributed by atoms with E-state index in [0.717, 1.165) is 44.2 Å². The van der Waals surface area contributed by atoms with Gasteiger partial charge in [-0.25, -0.2) is 4.98 Å². The third kappa shape index (κ3) is 6.71. The maximum Gasteiger partial charge on any atom is 0.226 e. The van der Waals surface area contributed by atoms with Crippen molar-refractivity contribution in [1.29, 1.82) is 0 Å². The molecule has 1 aromatic rings. The molecule has 2 amide bonds. The van der Waals surface area contributed by atoms with Gasteiger partial charge in [0.25, 0.3) is 0 Å². The Kier molecular flexibility index (Phi) is 7.60. The summed E-state index contributed by atoms with van der Waals surface area (Å²) in [6, 6.07) is 0. The van der Waals surface area contributed by atoms with Crippen LogP contribution in [0.4, 0.5) is 0 Å². The largest absolute Gasteiger partial charge is 0.299 e. The summed E-state index contributed by atoms with van der Waals surface area (Å²) in [5, 5.41) is 4.12. The molecule has 1 rings (SSSR count). The molecule has 0 aliphatic carbocycles. The van der Waals surface area contributed by atoms with Crippen LogP contribution >= 0.6 is 22.9 Å². The maximum atomic E-state index is 11.0. The fourth-order valence-electron chi connectivity index (χ4n) is 1.66. The number of aryl methyl sites for hydroxylation is 1. The van der Waals surface area contributed by atoms with Gasteiger partial charge in [0.1, 0.15) is 0 Å². The number of hydrogen-bond acceptors (Lipinski definition) is 4. The van der Waals surface area contributed by atoms with E-state index in [4.69, 9.17) is 11.6 Å². The molecule has 1 heterocycles. The SMILES string of the molecule is O=CNC(=O)CCCCCCCc1csc(Cl)n1. The molecule has 0 atom stereocenters. The van der Waals surface area contributed by atoms with Gasteiger partial charge in [-0.1, -0.05) is 30.9 Å². The number of nitrogens with zero attached hydrogens (tertiary/aromatic N) is 1. The molecule has 0 fully saturated rings. The van der Waals surface area contributed by atoms with Gasteiger partial charge in [0.2, 0.25) is 12.3 Å². The second-order valence-electron chi connectivity index (χ2n) is 4.04. The number of thiazole rings is 1. The summed E-state index contributed by atoms with van der Waals surface area (Å²) in [5.41, 5.74) is 1.07. The van der Waals surface area contributed by atoms with E-state index in [9.17, 15) is 9.59 Å². The molecule has 6 heteroatoms. The van der Waals surface area contributed by atoms with Crippen LogP contribution in [0.3, 0.4) is 0 Å². The standard InChI is InChI=1S/C12H17ClN2O2S/c13-12-15-10(8-18-12)6-4-2-1-3-5-7-11(17)14-9-16/h8-9H,1-7H2,(H,14,16,17). The summed E-state index contributed by atoms with van der Waals surface area (Å²) in [5.74, 6) is -0.192. The van der Waals surface area contributed by atoms with E-state index in [1.165, 1.54) is 11.3 Å². The summed E-state index contributed by atoms with van der Waals surface area (Å²) in [6.07, 6.45) is 7.01. The molecule has 100 valence electrons. The third-order valence-corrected chi connectivity index (χ3v) is 3.61. The van der Waals surface area contributed by atoms with E-state index in [2.05, 4.69) is 10.3 Å². The molecular formula is C12H17ClN2O2S. The first-order valence-corrected chi connectivity index (χ1v) is 7.31. The summed E-state index contributed by atoms with van der Waals surface area (Å²) < 4.78 is 0.603. The number of rotatable bonds is 9. The number of amides is 2. The van der Waals surface area contributed by atoms with Gasteiger partial charge < -0.3 is 0 Å². The van der Waals surface area contributed by atoms with E-state index in [-0.39, 0.29) is 5.91 Å². The Labute approximate surface area is 116 Å². The summed E-state index contributed by atoms with van der Waals surface area (Å²) in [7, 11) is 0. The molecule has 4 nitrogen and oxygen atoms in total. The first-order valence-electron chi connectivity index (χ1n) is 6.05. The predicted octanol–water partition coefficient (Wildman–Crippen LogP) is 2.95. The fourth-order valence-corrected chi connectivity index (χ4v) is 2.47. The lowest BCUT2D eigenvalue weighted by atomic mass is 10.1. The number of hydrogen-bond donors (Lipinski definition) is 1. The lowest BCUT2D eigenvalue weighted by Crippen LogP contribution is -2.20. The van der Waals surface area contributed by atoms with Crippen molar-refractivity contribution < 1.29 is 9.59 Å². The van der Waals surface area contributed by atoms with Crippen LogP contribution in [0.2, 0.25) is 4.47 Å². The lowest BCUT2D eigenvalue weighted by molar-refractivity contribution is -0.125. The summed E-state index contributed by atoms with van der Waals surface area (Å²) in [6.45, 7) is 0. The van der Waals surface area contributed by atoms with Crippen molar-refractivity contribution in [1.82, 2.24) is 10.3 Å². The number of carbonyl (C=O) groups excluding carboxylic acids is 2. The number of halogens is 1. The zero-order valence-electron chi connectivity index (χ0n) is 10.2. The highest BCUT2D eigenvalue weighted by atomic mass is 35.5. The Hall–Kier alpha value is -0.940. The van der Waals surface area contributed by atoms with Gasteiger partial charge >= 0.3 is 0 Å². The highest BCUT2D eigenvalue weighted by molar-refractivity contribution is 7.13. The van der Waals surface area contributed by atoms with Crippen molar-refractivity contribution >= 4 is 35.3 Å². The molecule has 0 aliphatic heterocycles. The van der Waals surface area contributed by atoms with Crippen LogP contribution < -0.4 is 5.32 Å². The monoisotopic (exact) mass is 288 g/mol. The van der Waals surface area contributed by atoms with Gasteiger partial charge in [0.05, 0.1) is 5.69 Å². The van der Waals surface area contributed by atoms with Crippen molar-refractivity contribution in [2.75, 3.05) is 0 Å². The fraction of sp³-hybridized carbons (Fsp3) is 0.583. The Balaban J connectivity index is 1.93. The number of imide groups is 1. The van der Waals surface area contributed by atoms with Crippen LogP contribution in [-0.4, -0.2) is 17.3 Å². The zero-order valence-corrected chi connectivity index (χ0v) is 11.7. The van der Waals surface area contributed by atoms with Crippen LogP contribution in [0.25, 0.3) is 0 Å². The second-order valence-corrected chi connectivity index (χ2v) is 5.49. The highest BCUT2D eigenvalue weighted by Gasteiger charge is 2.01. The Morgan fingerprint density at radius 2 is 2.06 bits per heavy atom. The average Bonchev–Trinajstić information content (AvgIpc) is 2.74. The van der Waals surface area contributed by atoms with Crippen molar-refractivity contribution in [2.24, 2.45) is 0 Å². The molecular weight excluding hydrogens is 272 g/mol. The Morgan fingerprint density at radius 3 is 2.72 bits per heavy atom. The van der Waals surface area contributed by atoms with Gasteiger partial charge in [-0.05, 0) is 19.3 Å². The molecule has 0 saturated heterocycles. The van der Waals surface area contributed by atoms with Gasteiger partial charge in [-0.2, -0.15) is 0 Å². The van der Waals surface area contributed by atoms with E-state index >= 15 is 0 Å². The maximum absolute atomic E-state index is 11.0. The van der Waals surface area contributed by atoms with Crippen molar-refractivity contribution in [3.63, 3.8) is 0 Å². The zero-order chi connectivity index (χ0) is 13.2. The van der Waals surface area contributed by atoms with Gasteiger partial charge in [-0.3, -0.25) is 14.9 Å². The normalized spacial score (nSPS) is 10.3. The first-order chi connectivity index (χ1) is 8.72. The molecule has 1 N–H and O–H groups in total. The molecule has 0 unspecified atom stereocenters. The van der Waals surface area contributed by atoms with Gasteiger partial charge in [-0.15, -0.1) is 11.3 Å². The minimum atomic E-state index is -0.192. The van der Waals surface area contributed by atoms with E-state index in [1.54, 1.807) is 0 Å². The molecule has 0 aromatic carbocycles. The molecule has 0 saturated carbocycles. The molecule has 0 spiro atoms. The van der Waals surface area contributed by atoms with Crippen molar-refractivity contribution in [2.45, 2.75) is 44.9 Å². The van der Waals surface area contributed by atoms with Gasteiger partial charge in [0, 0.05) is 11.8 Å². The quantitative estimate of drug-likeness (QED) is 0.561. The minimum Gasteiger partial charge on any atom is -0.299 e. The summed E-state index contributed by atoms with van der Waals surface area (Å²) >= 11 is 7.21. The van der Waals surface area contributed by atoms with E-state index in [0.29, 0.717) is 17.3 Å². The van der Waals surface area contributed by atoms with E-state index < -0.39 is 0 Å². The van der Waals surface area contributed by atoms with Crippen LogP contribution in [0.15, 0.2) is 5.38 Å². The third-order valence-electron chi connectivity index (χ3n) is 2.58. The number of unbranched alkanes of at least 4 members (excludes halogenated alkanes) is 4. The lowest BCUT2D eigenvalue weighted by Gasteiger charge is -2.00. The van der Waals surface area contributed by atoms with Crippen LogP contribution in [0, 0.1) is 0 Å². The molecule has 0 aliphatic rings. The van der Waals surface area contributed by atoms with Crippen molar-refractivity contribution in [3.05, 3.63) is 15.5 Å².